The molecule has 0 saturated carbocycles. The molecule has 0 aliphatic rings. The second kappa shape index (κ2) is 8.24. The monoisotopic (exact) mass is 435 g/mol. The Bertz CT molecular complexity index is 1680. The first-order valence-electron chi connectivity index (χ1n) is 10.6. The van der Waals surface area contributed by atoms with Gasteiger partial charge < -0.3 is 0 Å². The Morgan fingerprint density at radius 3 is 2.52 bits per heavy atom. The summed E-state index contributed by atoms with van der Waals surface area (Å²) in [6, 6.07) is 18.0. The van der Waals surface area contributed by atoms with Crippen LogP contribution in [0.15, 0.2) is 76.6 Å². The molecule has 0 amide bonds. The summed E-state index contributed by atoms with van der Waals surface area (Å²) in [6.45, 7) is 2.30. The molecule has 0 atom stereocenters. The smallest absolute Gasteiger partial charge is 0.268 e. The molecule has 7 nitrogen and oxygen atoms in total. The van der Waals surface area contributed by atoms with Crippen molar-refractivity contribution in [1.29, 1.82) is 0 Å². The van der Waals surface area contributed by atoms with Crippen LogP contribution in [0.5, 0.6) is 0 Å². The molecule has 0 bridgehead atoms. The number of rotatable bonds is 4. The van der Waals surface area contributed by atoms with Crippen LogP contribution in [0.2, 0.25) is 0 Å². The zero-order chi connectivity index (χ0) is 22.9. The summed E-state index contributed by atoms with van der Waals surface area (Å²) in [4.78, 5) is 30.3. The van der Waals surface area contributed by atoms with Crippen LogP contribution < -0.4 is 11.2 Å². The predicted molar refractivity (Wildman–Crippen MR) is 129 cm³/mol. The van der Waals surface area contributed by atoms with E-state index in [4.69, 9.17) is 5.10 Å². The Hall–Kier alpha value is -4.44. The van der Waals surface area contributed by atoms with E-state index in [2.05, 4.69) is 41.1 Å². The van der Waals surface area contributed by atoms with Gasteiger partial charge in [0, 0.05) is 25.0 Å². The lowest BCUT2D eigenvalue weighted by Gasteiger charge is -2.10. The van der Waals surface area contributed by atoms with Crippen molar-refractivity contribution in [3.05, 3.63) is 93.4 Å². The van der Waals surface area contributed by atoms with E-state index in [0.717, 1.165) is 26.5 Å². The van der Waals surface area contributed by atoms with E-state index >= 15 is 0 Å². The number of nitrogens with zero attached hydrogens (tertiary/aromatic N) is 5. The topological polar surface area (TPSA) is 74.7 Å². The molecule has 0 unspecified atom stereocenters. The van der Waals surface area contributed by atoms with Crippen LogP contribution in [0.1, 0.15) is 12.5 Å². The van der Waals surface area contributed by atoms with Crippen molar-refractivity contribution in [2.45, 2.75) is 20.0 Å². The zero-order valence-electron chi connectivity index (χ0n) is 18.3. The maximum Gasteiger partial charge on any atom is 0.333 e. The first kappa shape index (κ1) is 20.5. The summed E-state index contributed by atoms with van der Waals surface area (Å²) in [5, 5.41) is 7.42. The minimum Gasteiger partial charge on any atom is -0.268 e. The Balaban J connectivity index is 1.85. The summed E-state index contributed by atoms with van der Waals surface area (Å²) < 4.78 is 4.38. The van der Waals surface area contributed by atoms with E-state index in [1.165, 1.54) is 11.6 Å². The molecule has 0 aliphatic carbocycles. The molecule has 0 spiro atoms. The molecule has 5 rings (SSSR count). The minimum atomic E-state index is -0.439. The first-order valence-corrected chi connectivity index (χ1v) is 10.6. The fourth-order valence-corrected chi connectivity index (χ4v) is 4.17. The van der Waals surface area contributed by atoms with Gasteiger partial charge in [-0.15, -0.1) is 5.92 Å². The third kappa shape index (κ3) is 3.42. The number of pyridine rings is 1. The molecule has 3 aromatic heterocycles. The van der Waals surface area contributed by atoms with E-state index in [9.17, 15) is 9.59 Å². The molecule has 162 valence electrons. The molecule has 0 radical (unpaired) electrons. The van der Waals surface area contributed by atoms with Crippen molar-refractivity contribution in [3.63, 3.8) is 0 Å². The van der Waals surface area contributed by atoms with E-state index in [1.807, 2.05) is 30.3 Å². The fraction of sp³-hybridized carbons (Fsp3) is 0.154. The zero-order valence-corrected chi connectivity index (χ0v) is 18.3. The quantitative estimate of drug-likeness (QED) is 0.407. The number of fused-ring (bicyclic) bond motifs is 2. The van der Waals surface area contributed by atoms with Crippen molar-refractivity contribution < 1.29 is 0 Å². The average Bonchev–Trinajstić information content (AvgIpc) is 3.22. The van der Waals surface area contributed by atoms with Crippen molar-refractivity contribution in [2.75, 3.05) is 0 Å². The van der Waals surface area contributed by atoms with Gasteiger partial charge in [-0.1, -0.05) is 48.4 Å². The van der Waals surface area contributed by atoms with E-state index in [0.29, 0.717) is 23.3 Å². The number of aromatic nitrogens is 5. The summed E-state index contributed by atoms with van der Waals surface area (Å²) >= 11 is 0. The molecule has 3 heterocycles. The SMILES string of the molecule is CC#CCn1c(=O)n(C)c(=O)c2c(-c3ccncc3)n(Cc3cccc4ccccc34)nc21. The van der Waals surface area contributed by atoms with Crippen LogP contribution in [-0.2, 0) is 20.1 Å². The Morgan fingerprint density at radius 2 is 1.73 bits per heavy atom. The third-order valence-electron chi connectivity index (χ3n) is 5.79. The number of hydrogen-bond acceptors (Lipinski definition) is 4. The normalized spacial score (nSPS) is 11.0. The van der Waals surface area contributed by atoms with Gasteiger partial charge in [0.05, 0.1) is 18.8 Å². The van der Waals surface area contributed by atoms with Crippen molar-refractivity contribution in [1.82, 2.24) is 23.9 Å². The highest BCUT2D eigenvalue weighted by Crippen LogP contribution is 2.28. The van der Waals surface area contributed by atoms with Gasteiger partial charge >= 0.3 is 5.69 Å². The summed E-state index contributed by atoms with van der Waals surface area (Å²) in [7, 11) is 1.48. The lowest BCUT2D eigenvalue weighted by atomic mass is 10.0. The molecule has 7 heteroatoms. The van der Waals surface area contributed by atoms with Crippen LogP contribution >= 0.6 is 0 Å². The van der Waals surface area contributed by atoms with Gasteiger partial charge in [-0.05, 0) is 35.4 Å². The molecule has 5 aromatic rings. The molecule has 2 aromatic carbocycles. The second-order valence-corrected chi connectivity index (χ2v) is 7.74. The van der Waals surface area contributed by atoms with Crippen LogP contribution in [-0.4, -0.2) is 23.9 Å². The molecule has 0 saturated heterocycles. The number of benzene rings is 2. The fourth-order valence-electron chi connectivity index (χ4n) is 4.17. The molecular weight excluding hydrogens is 414 g/mol. The first-order chi connectivity index (χ1) is 16.1. The minimum absolute atomic E-state index is 0.154. The molecule has 0 N–H and O–H groups in total. The van der Waals surface area contributed by atoms with Crippen molar-refractivity contribution >= 4 is 21.8 Å². The molecule has 0 fully saturated rings. The van der Waals surface area contributed by atoms with E-state index in [-0.39, 0.29) is 12.1 Å². The van der Waals surface area contributed by atoms with Crippen molar-refractivity contribution in [2.24, 2.45) is 7.05 Å². The van der Waals surface area contributed by atoms with Gasteiger partial charge in [0.15, 0.2) is 5.65 Å². The van der Waals surface area contributed by atoms with Gasteiger partial charge in [-0.3, -0.25) is 23.6 Å². The summed E-state index contributed by atoms with van der Waals surface area (Å²) in [5.41, 5.74) is 2.03. The maximum atomic E-state index is 13.3. The van der Waals surface area contributed by atoms with E-state index < -0.39 is 5.69 Å². The highest BCUT2D eigenvalue weighted by Gasteiger charge is 2.22. The van der Waals surface area contributed by atoms with Gasteiger partial charge in [-0.25, -0.2) is 4.79 Å². The largest absolute Gasteiger partial charge is 0.333 e. The van der Waals surface area contributed by atoms with Crippen LogP contribution in [0.25, 0.3) is 33.1 Å². The highest BCUT2D eigenvalue weighted by atomic mass is 16.2. The number of hydrogen-bond donors (Lipinski definition) is 0. The van der Waals surface area contributed by atoms with Gasteiger partial charge in [-0.2, -0.15) is 5.10 Å². The lowest BCUT2D eigenvalue weighted by molar-refractivity contribution is 0.663. The molecule has 0 aliphatic heterocycles. The third-order valence-corrected chi connectivity index (χ3v) is 5.79. The van der Waals surface area contributed by atoms with Crippen molar-refractivity contribution in [3.8, 4) is 23.1 Å². The highest BCUT2D eigenvalue weighted by molar-refractivity contribution is 5.91. The molecular formula is C26H21N5O2. The Kier molecular flexibility index (Phi) is 5.11. The van der Waals surface area contributed by atoms with Gasteiger partial charge in [0.1, 0.15) is 5.39 Å². The Labute approximate surface area is 189 Å². The predicted octanol–water partition coefficient (Wildman–Crippen LogP) is 3.18. The summed E-state index contributed by atoms with van der Waals surface area (Å²) in [6.07, 6.45) is 3.36. The van der Waals surface area contributed by atoms with Crippen LogP contribution in [0.4, 0.5) is 0 Å². The molecule has 33 heavy (non-hydrogen) atoms. The van der Waals surface area contributed by atoms with Crippen LogP contribution in [0, 0.1) is 11.8 Å². The van der Waals surface area contributed by atoms with E-state index in [1.54, 1.807) is 24.0 Å². The van der Waals surface area contributed by atoms with Gasteiger partial charge in [0.2, 0.25) is 0 Å². The Morgan fingerprint density at radius 1 is 0.970 bits per heavy atom. The lowest BCUT2D eigenvalue weighted by Crippen LogP contribution is -2.38. The standard InChI is InChI=1S/C26H21N5O2/c1-3-4-16-30-24-22(25(32)29(2)26(30)33)23(19-12-14-27-15-13-19)31(28-24)17-20-10-7-9-18-8-5-6-11-21(18)20/h5-15H,16-17H2,1-2H3. The van der Waals surface area contributed by atoms with Gasteiger partial charge in [0.25, 0.3) is 5.56 Å². The second-order valence-electron chi connectivity index (χ2n) is 7.74. The van der Waals surface area contributed by atoms with Crippen LogP contribution in [0.3, 0.4) is 0 Å². The maximum absolute atomic E-state index is 13.3. The summed E-state index contributed by atoms with van der Waals surface area (Å²) in [5.74, 6) is 5.74. The average molecular weight is 435 g/mol.